The van der Waals surface area contributed by atoms with E-state index in [1.807, 2.05) is 18.9 Å². The third-order valence-electron chi connectivity index (χ3n) is 3.53. The molecule has 0 aliphatic carbocycles. The van der Waals surface area contributed by atoms with Gasteiger partial charge in [0.2, 0.25) is 0 Å². The summed E-state index contributed by atoms with van der Waals surface area (Å²) in [5, 5.41) is 3.91. The summed E-state index contributed by atoms with van der Waals surface area (Å²) in [6.45, 7) is 6.26. The van der Waals surface area contributed by atoms with Crippen LogP contribution in [0.3, 0.4) is 0 Å². The van der Waals surface area contributed by atoms with Crippen molar-refractivity contribution in [2.24, 2.45) is 0 Å². The lowest BCUT2D eigenvalue weighted by molar-refractivity contribution is 0.00212. The normalized spacial score (nSPS) is 19.1. The van der Waals surface area contributed by atoms with Gasteiger partial charge in [0.25, 0.3) is 5.91 Å². The summed E-state index contributed by atoms with van der Waals surface area (Å²) in [6.07, 6.45) is 3.24. The predicted octanol–water partition coefficient (Wildman–Crippen LogP) is 2.52. The summed E-state index contributed by atoms with van der Waals surface area (Å²) >= 11 is 1.34. The second-order valence-corrected chi connectivity index (χ2v) is 5.88. The highest BCUT2D eigenvalue weighted by atomic mass is 32.1. The van der Waals surface area contributed by atoms with E-state index in [0.29, 0.717) is 12.1 Å². The molecule has 0 saturated carbocycles. The maximum absolute atomic E-state index is 12.7. The quantitative estimate of drug-likeness (QED) is 0.907. The SMILES string of the molecule is CCCO[C@H]1CCCN(C(=O)c2c(C)nsc2NC)C1. The average Bonchev–Trinajstić information content (AvgIpc) is 2.85. The zero-order valence-electron chi connectivity index (χ0n) is 12.4. The van der Waals surface area contributed by atoms with E-state index in [4.69, 9.17) is 4.74 Å². The Morgan fingerprint density at radius 1 is 1.60 bits per heavy atom. The molecule has 0 aromatic carbocycles. The molecular formula is C14H23N3O2S. The van der Waals surface area contributed by atoms with Crippen LogP contribution in [0.15, 0.2) is 0 Å². The maximum Gasteiger partial charge on any atom is 0.258 e. The van der Waals surface area contributed by atoms with E-state index in [1.165, 1.54) is 11.5 Å². The summed E-state index contributed by atoms with van der Waals surface area (Å²) in [7, 11) is 1.83. The van der Waals surface area contributed by atoms with Gasteiger partial charge < -0.3 is 15.0 Å². The van der Waals surface area contributed by atoms with E-state index < -0.39 is 0 Å². The average molecular weight is 297 g/mol. The summed E-state index contributed by atoms with van der Waals surface area (Å²) in [4.78, 5) is 14.6. The van der Waals surface area contributed by atoms with Crippen molar-refractivity contribution in [2.75, 3.05) is 32.1 Å². The predicted molar refractivity (Wildman–Crippen MR) is 81.6 cm³/mol. The van der Waals surface area contributed by atoms with Crippen LogP contribution in [0.1, 0.15) is 42.2 Å². The van der Waals surface area contributed by atoms with Crippen molar-refractivity contribution in [1.82, 2.24) is 9.27 Å². The Kier molecular flexibility index (Phi) is 5.37. The van der Waals surface area contributed by atoms with Crippen molar-refractivity contribution < 1.29 is 9.53 Å². The molecule has 0 spiro atoms. The van der Waals surface area contributed by atoms with Gasteiger partial charge in [-0.05, 0) is 37.7 Å². The molecule has 2 heterocycles. The second kappa shape index (κ2) is 7.04. The van der Waals surface area contributed by atoms with Gasteiger partial charge in [-0.1, -0.05) is 6.92 Å². The van der Waals surface area contributed by atoms with Gasteiger partial charge >= 0.3 is 0 Å². The van der Waals surface area contributed by atoms with Gasteiger partial charge in [0.05, 0.1) is 17.4 Å². The Bertz CT molecular complexity index is 461. The molecule has 1 aliphatic heterocycles. The Balaban J connectivity index is 2.06. The smallest absolute Gasteiger partial charge is 0.258 e. The van der Waals surface area contributed by atoms with Crippen LogP contribution in [0.4, 0.5) is 5.00 Å². The first kappa shape index (κ1) is 15.3. The number of piperidine rings is 1. The van der Waals surface area contributed by atoms with Crippen LogP contribution in [0.5, 0.6) is 0 Å². The number of amides is 1. The standard InChI is InChI=1S/C14H23N3O2S/c1-4-8-19-11-6-5-7-17(9-11)14(18)12-10(2)16-20-13(12)15-3/h11,15H,4-9H2,1-3H3/t11-/m0/s1. The van der Waals surface area contributed by atoms with Crippen LogP contribution in [0.2, 0.25) is 0 Å². The Morgan fingerprint density at radius 2 is 2.40 bits per heavy atom. The minimum atomic E-state index is 0.0744. The van der Waals surface area contributed by atoms with Gasteiger partial charge in [-0.15, -0.1) is 0 Å². The topological polar surface area (TPSA) is 54.5 Å². The maximum atomic E-state index is 12.7. The van der Waals surface area contributed by atoms with Gasteiger partial charge in [-0.2, -0.15) is 4.37 Å². The molecule has 6 heteroatoms. The van der Waals surface area contributed by atoms with E-state index in [0.717, 1.165) is 43.1 Å². The lowest BCUT2D eigenvalue weighted by atomic mass is 10.1. The fourth-order valence-electron chi connectivity index (χ4n) is 2.49. The van der Waals surface area contributed by atoms with E-state index in [9.17, 15) is 4.79 Å². The molecule has 0 radical (unpaired) electrons. The fourth-order valence-corrected chi connectivity index (χ4v) is 3.23. The Labute approximate surface area is 124 Å². The number of rotatable bonds is 5. The van der Waals surface area contributed by atoms with Crippen molar-refractivity contribution in [1.29, 1.82) is 0 Å². The van der Waals surface area contributed by atoms with Crippen molar-refractivity contribution in [3.63, 3.8) is 0 Å². The molecule has 1 fully saturated rings. The lowest BCUT2D eigenvalue weighted by Crippen LogP contribution is -2.43. The number of carbonyl (C=O) groups excluding carboxylic acids is 1. The van der Waals surface area contributed by atoms with Crippen molar-refractivity contribution >= 4 is 22.4 Å². The van der Waals surface area contributed by atoms with Gasteiger partial charge in [-0.3, -0.25) is 4.79 Å². The van der Waals surface area contributed by atoms with Crippen LogP contribution in [-0.4, -0.2) is 48.0 Å². The second-order valence-electron chi connectivity index (χ2n) is 5.11. The third kappa shape index (κ3) is 3.30. The van der Waals surface area contributed by atoms with Crippen LogP contribution in [-0.2, 0) is 4.74 Å². The van der Waals surface area contributed by atoms with Crippen LogP contribution in [0, 0.1) is 6.92 Å². The summed E-state index contributed by atoms with van der Waals surface area (Å²) in [5.41, 5.74) is 1.52. The number of nitrogens with zero attached hydrogens (tertiary/aromatic N) is 2. The number of hydrogen-bond donors (Lipinski definition) is 1. The Morgan fingerprint density at radius 3 is 3.10 bits per heavy atom. The fraction of sp³-hybridized carbons (Fsp3) is 0.714. The molecule has 1 N–H and O–H groups in total. The molecule has 2 rings (SSSR count). The van der Waals surface area contributed by atoms with E-state index in [-0.39, 0.29) is 12.0 Å². The van der Waals surface area contributed by atoms with Crippen molar-refractivity contribution in [3.05, 3.63) is 11.3 Å². The van der Waals surface area contributed by atoms with E-state index >= 15 is 0 Å². The minimum absolute atomic E-state index is 0.0744. The van der Waals surface area contributed by atoms with Gasteiger partial charge in [0.15, 0.2) is 0 Å². The summed E-state index contributed by atoms with van der Waals surface area (Å²) in [6, 6.07) is 0. The summed E-state index contributed by atoms with van der Waals surface area (Å²) in [5.74, 6) is 0.0744. The zero-order chi connectivity index (χ0) is 14.5. The number of ether oxygens (including phenoxy) is 1. The number of hydrogen-bond acceptors (Lipinski definition) is 5. The largest absolute Gasteiger partial charge is 0.378 e. The molecular weight excluding hydrogens is 274 g/mol. The molecule has 20 heavy (non-hydrogen) atoms. The molecule has 1 amide bonds. The highest BCUT2D eigenvalue weighted by Gasteiger charge is 2.28. The highest BCUT2D eigenvalue weighted by Crippen LogP contribution is 2.26. The number of nitrogens with one attached hydrogen (secondary N) is 1. The van der Waals surface area contributed by atoms with E-state index in [2.05, 4.69) is 16.6 Å². The molecule has 1 atom stereocenters. The van der Waals surface area contributed by atoms with Crippen LogP contribution >= 0.6 is 11.5 Å². The first-order valence-electron chi connectivity index (χ1n) is 7.22. The zero-order valence-corrected chi connectivity index (χ0v) is 13.3. The number of aromatic nitrogens is 1. The number of aryl methyl sites for hydroxylation is 1. The third-order valence-corrected chi connectivity index (χ3v) is 4.48. The first-order valence-corrected chi connectivity index (χ1v) is 7.99. The molecule has 5 nitrogen and oxygen atoms in total. The van der Waals surface area contributed by atoms with Crippen molar-refractivity contribution in [2.45, 2.75) is 39.2 Å². The molecule has 1 aromatic rings. The molecule has 1 saturated heterocycles. The number of likely N-dealkylation sites (tertiary alicyclic amines) is 1. The van der Waals surface area contributed by atoms with Crippen molar-refractivity contribution in [3.8, 4) is 0 Å². The minimum Gasteiger partial charge on any atom is -0.378 e. The monoisotopic (exact) mass is 297 g/mol. The van der Waals surface area contributed by atoms with Gasteiger partial charge in [0.1, 0.15) is 5.00 Å². The molecule has 0 bridgehead atoms. The molecule has 1 aliphatic rings. The summed E-state index contributed by atoms with van der Waals surface area (Å²) < 4.78 is 10.1. The highest BCUT2D eigenvalue weighted by molar-refractivity contribution is 7.10. The first-order chi connectivity index (χ1) is 9.67. The van der Waals surface area contributed by atoms with E-state index in [1.54, 1.807) is 0 Å². The lowest BCUT2D eigenvalue weighted by Gasteiger charge is -2.32. The molecule has 112 valence electrons. The Hall–Kier alpha value is -1.14. The molecule has 0 unspecified atom stereocenters. The molecule has 1 aromatic heterocycles. The number of carbonyl (C=O) groups is 1. The van der Waals surface area contributed by atoms with Crippen LogP contribution < -0.4 is 5.32 Å². The van der Waals surface area contributed by atoms with Gasteiger partial charge in [0, 0.05) is 26.7 Å². The van der Waals surface area contributed by atoms with Gasteiger partial charge in [-0.25, -0.2) is 0 Å². The number of anilines is 1. The van der Waals surface area contributed by atoms with Crippen LogP contribution in [0.25, 0.3) is 0 Å².